The standard InChI is InChI=1S/C3H7FN2/c1-2-3-6(4)5/h2H,1,3,5H2. The van der Waals surface area contributed by atoms with Gasteiger partial charge in [0.2, 0.25) is 0 Å². The Kier molecular flexibility index (Phi) is 2.62. The van der Waals surface area contributed by atoms with E-state index in [2.05, 4.69) is 12.4 Å². The van der Waals surface area contributed by atoms with E-state index < -0.39 is 0 Å². The van der Waals surface area contributed by atoms with Crippen molar-refractivity contribution >= 4 is 0 Å². The monoisotopic (exact) mass is 90.1 g/mol. The normalized spacial score (nSPS) is 9.17. The van der Waals surface area contributed by atoms with Gasteiger partial charge in [-0.2, -0.15) is 0 Å². The summed E-state index contributed by atoms with van der Waals surface area (Å²) in [5.74, 6) is 4.50. The predicted molar refractivity (Wildman–Crippen MR) is 22.2 cm³/mol. The van der Waals surface area contributed by atoms with Crippen molar-refractivity contribution in [3.63, 3.8) is 0 Å². The van der Waals surface area contributed by atoms with Crippen molar-refractivity contribution in [1.82, 2.24) is 5.23 Å². The van der Waals surface area contributed by atoms with Crippen molar-refractivity contribution in [3.05, 3.63) is 12.7 Å². The number of nitrogens with two attached hydrogens (primary N) is 1. The molecule has 0 heterocycles. The molecule has 0 saturated heterocycles. The van der Waals surface area contributed by atoms with Crippen LogP contribution in [0.15, 0.2) is 12.7 Å². The number of rotatable bonds is 2. The molecule has 0 spiro atoms. The van der Waals surface area contributed by atoms with E-state index in [4.69, 9.17) is 0 Å². The molecule has 3 heteroatoms. The van der Waals surface area contributed by atoms with Crippen LogP contribution in [0.4, 0.5) is 4.48 Å². The molecule has 0 aliphatic heterocycles. The molecule has 0 aliphatic rings. The van der Waals surface area contributed by atoms with E-state index in [-0.39, 0.29) is 11.8 Å². The third kappa shape index (κ3) is 3.59. The molecule has 0 aromatic carbocycles. The lowest BCUT2D eigenvalue weighted by atomic mass is 10.7. The maximum atomic E-state index is 11.2. The van der Waals surface area contributed by atoms with E-state index in [1.165, 1.54) is 6.08 Å². The number of halogens is 1. The zero-order chi connectivity index (χ0) is 4.99. The highest BCUT2D eigenvalue weighted by atomic mass is 19.2. The van der Waals surface area contributed by atoms with Gasteiger partial charge in [-0.25, -0.2) is 5.84 Å². The first-order valence-corrected chi connectivity index (χ1v) is 1.56. The largest absolute Gasteiger partial charge is 0.241 e. The molecule has 36 valence electrons. The van der Waals surface area contributed by atoms with Gasteiger partial charge in [-0.3, -0.25) is 0 Å². The SMILES string of the molecule is C=CCN(N)F. The molecule has 2 nitrogen and oxygen atoms in total. The molecule has 0 saturated carbocycles. The summed E-state index contributed by atoms with van der Waals surface area (Å²) >= 11 is 0. The fourth-order valence-electron chi connectivity index (χ4n) is 0.123. The fraction of sp³-hybridized carbons (Fsp3) is 0.333. The molecule has 0 rings (SSSR count). The first-order valence-electron chi connectivity index (χ1n) is 1.56. The van der Waals surface area contributed by atoms with Crippen LogP contribution in [-0.2, 0) is 0 Å². The van der Waals surface area contributed by atoms with E-state index in [1.54, 1.807) is 0 Å². The maximum Gasteiger partial charge on any atom is 0.0628 e. The molecule has 0 aromatic rings. The van der Waals surface area contributed by atoms with Crippen molar-refractivity contribution in [2.24, 2.45) is 5.84 Å². The van der Waals surface area contributed by atoms with Crippen LogP contribution in [-0.4, -0.2) is 11.8 Å². The molecule has 0 bridgehead atoms. The van der Waals surface area contributed by atoms with Crippen LogP contribution < -0.4 is 5.84 Å². The highest BCUT2D eigenvalue weighted by Gasteiger charge is 1.81. The Morgan fingerprint density at radius 2 is 2.50 bits per heavy atom. The summed E-state index contributed by atoms with van der Waals surface area (Å²) in [5.41, 5.74) is 0. The van der Waals surface area contributed by atoms with Gasteiger partial charge >= 0.3 is 0 Å². The second kappa shape index (κ2) is 2.81. The molecule has 0 aliphatic carbocycles. The molecule has 2 N–H and O–H groups in total. The third-order valence-corrected chi connectivity index (χ3v) is 0.304. The first-order chi connectivity index (χ1) is 2.77. The predicted octanol–water partition coefficient (Wildman–Crippen LogP) is 0.233. The van der Waals surface area contributed by atoms with Crippen molar-refractivity contribution in [1.29, 1.82) is 0 Å². The number of nitrogens with zero attached hydrogens (tertiary/aromatic N) is 1. The molecule has 0 unspecified atom stereocenters. The second-order valence-corrected chi connectivity index (χ2v) is 0.871. The fourth-order valence-corrected chi connectivity index (χ4v) is 0.123. The summed E-state index contributed by atoms with van der Waals surface area (Å²) in [6, 6.07) is 0. The summed E-state index contributed by atoms with van der Waals surface area (Å²) < 4.78 is 11.2. The van der Waals surface area contributed by atoms with Crippen molar-refractivity contribution in [2.75, 3.05) is 6.54 Å². The highest BCUT2D eigenvalue weighted by molar-refractivity contribution is 4.65. The van der Waals surface area contributed by atoms with E-state index in [9.17, 15) is 4.48 Å². The lowest BCUT2D eigenvalue weighted by Crippen LogP contribution is -2.20. The minimum atomic E-state index is 0.0625. The van der Waals surface area contributed by atoms with E-state index in [0.717, 1.165) is 0 Å². The molecular formula is C3H7FN2. The molecule has 0 aromatic heterocycles. The third-order valence-electron chi connectivity index (χ3n) is 0.304. The Hall–Kier alpha value is -0.410. The van der Waals surface area contributed by atoms with E-state index >= 15 is 0 Å². The molecule has 0 atom stereocenters. The Morgan fingerprint density at radius 3 is 2.50 bits per heavy atom. The van der Waals surface area contributed by atoms with Gasteiger partial charge in [0.25, 0.3) is 0 Å². The lowest BCUT2D eigenvalue weighted by molar-refractivity contribution is 0.0400. The highest BCUT2D eigenvalue weighted by Crippen LogP contribution is 1.72. The van der Waals surface area contributed by atoms with Crippen LogP contribution in [0.2, 0.25) is 0 Å². The van der Waals surface area contributed by atoms with Gasteiger partial charge in [0.1, 0.15) is 0 Å². The molecular weight excluding hydrogens is 83.0 g/mol. The molecule has 0 amide bonds. The zero-order valence-electron chi connectivity index (χ0n) is 3.39. The quantitative estimate of drug-likeness (QED) is 0.227. The van der Waals surface area contributed by atoms with Gasteiger partial charge in [0, 0.05) is 0 Å². The first kappa shape index (κ1) is 5.59. The average molecular weight is 90.1 g/mol. The van der Waals surface area contributed by atoms with Crippen LogP contribution in [0.1, 0.15) is 0 Å². The van der Waals surface area contributed by atoms with Gasteiger partial charge in [-0.05, 0) is 0 Å². The maximum absolute atomic E-state index is 11.2. The van der Waals surface area contributed by atoms with E-state index in [0.29, 0.717) is 0 Å². The van der Waals surface area contributed by atoms with Gasteiger partial charge in [0.05, 0.1) is 6.54 Å². The molecule has 0 radical (unpaired) electrons. The number of hydrogen-bond donors (Lipinski definition) is 1. The average Bonchev–Trinajstić information content (AvgIpc) is 1.35. The van der Waals surface area contributed by atoms with Crippen molar-refractivity contribution in [2.45, 2.75) is 0 Å². The summed E-state index contributed by atoms with van der Waals surface area (Å²) in [6.45, 7) is 3.32. The van der Waals surface area contributed by atoms with Gasteiger partial charge in [-0.1, -0.05) is 11.3 Å². The smallest absolute Gasteiger partial charge is 0.0628 e. The van der Waals surface area contributed by atoms with Gasteiger partial charge < -0.3 is 0 Å². The Bertz CT molecular complexity index is 44.1. The lowest BCUT2D eigenvalue weighted by Gasteiger charge is -1.94. The van der Waals surface area contributed by atoms with E-state index in [1.807, 2.05) is 0 Å². The summed E-state index contributed by atoms with van der Waals surface area (Å²) in [7, 11) is 0. The second-order valence-electron chi connectivity index (χ2n) is 0.871. The van der Waals surface area contributed by atoms with Crippen LogP contribution in [0.25, 0.3) is 0 Å². The number of hydrogen-bond acceptors (Lipinski definition) is 2. The topological polar surface area (TPSA) is 29.3 Å². The van der Waals surface area contributed by atoms with Crippen molar-refractivity contribution in [3.8, 4) is 0 Å². The minimum Gasteiger partial charge on any atom is -0.241 e. The molecule has 0 fully saturated rings. The Labute approximate surface area is 36.0 Å². The van der Waals surface area contributed by atoms with Crippen LogP contribution in [0, 0.1) is 0 Å². The van der Waals surface area contributed by atoms with Gasteiger partial charge in [0.15, 0.2) is 0 Å². The summed E-state index contributed by atoms with van der Waals surface area (Å²) in [6.07, 6.45) is 1.38. The van der Waals surface area contributed by atoms with Gasteiger partial charge in [-0.15, -0.1) is 11.1 Å². The summed E-state index contributed by atoms with van der Waals surface area (Å²) in [5, 5.41) is 0.0625. The molecule has 6 heavy (non-hydrogen) atoms. The summed E-state index contributed by atoms with van der Waals surface area (Å²) in [4.78, 5) is 0. The zero-order valence-corrected chi connectivity index (χ0v) is 3.39. The van der Waals surface area contributed by atoms with Crippen LogP contribution in [0.5, 0.6) is 0 Å². The Balaban J connectivity index is 2.81. The Morgan fingerprint density at radius 1 is 2.00 bits per heavy atom. The minimum absolute atomic E-state index is 0.0625. The number of hydrazine groups is 1. The van der Waals surface area contributed by atoms with Crippen molar-refractivity contribution < 1.29 is 4.48 Å². The van der Waals surface area contributed by atoms with Crippen LogP contribution >= 0.6 is 0 Å². The van der Waals surface area contributed by atoms with Crippen LogP contribution in [0.3, 0.4) is 0 Å².